The Morgan fingerprint density at radius 2 is 1.50 bits per heavy atom. The minimum atomic E-state index is -2.07. The third kappa shape index (κ3) is 8.83. The van der Waals surface area contributed by atoms with Crippen LogP contribution in [0.15, 0.2) is 36.0 Å². The van der Waals surface area contributed by atoms with Crippen molar-refractivity contribution in [1.82, 2.24) is 0 Å². The second-order valence-corrected chi connectivity index (χ2v) is 16.6. The predicted molar refractivity (Wildman–Crippen MR) is 199 cm³/mol. The minimum absolute atomic E-state index is 0.154. The lowest BCUT2D eigenvalue weighted by atomic mass is 9.44. The molecule has 0 heterocycles. The van der Waals surface area contributed by atoms with Crippen molar-refractivity contribution >= 4 is 23.5 Å². The predicted octanol–water partition coefficient (Wildman–Crippen LogP) is 8.42. The van der Waals surface area contributed by atoms with Gasteiger partial charge in [0.05, 0.1) is 25.6 Å². The zero-order valence-corrected chi connectivity index (χ0v) is 32.3. The number of fused-ring (bicyclic) bond motifs is 5. The summed E-state index contributed by atoms with van der Waals surface area (Å²) < 4.78 is 27.9. The number of aliphatic hydroxyl groups excluding tert-OH is 1. The molecular weight excluding hydrogens is 663 g/mol. The van der Waals surface area contributed by atoms with Gasteiger partial charge >= 0.3 is 11.9 Å². The van der Waals surface area contributed by atoms with Crippen molar-refractivity contribution in [1.29, 1.82) is 0 Å². The molecule has 0 aromatic heterocycles. The van der Waals surface area contributed by atoms with Crippen LogP contribution in [-0.4, -0.2) is 64.3 Å². The van der Waals surface area contributed by atoms with Gasteiger partial charge in [0.1, 0.15) is 5.60 Å². The highest BCUT2D eigenvalue weighted by Gasteiger charge is 2.75. The molecule has 0 unspecified atom stereocenters. The van der Waals surface area contributed by atoms with E-state index >= 15 is 4.39 Å². The van der Waals surface area contributed by atoms with Gasteiger partial charge in [-0.15, -0.1) is 0 Å². The molecule has 52 heavy (non-hydrogen) atoms. The summed E-state index contributed by atoms with van der Waals surface area (Å²) in [6.45, 7) is 7.08. The summed E-state index contributed by atoms with van der Waals surface area (Å²) in [7, 11) is 0. The summed E-state index contributed by atoms with van der Waals surface area (Å²) in [4.78, 5) is 50.5. The van der Waals surface area contributed by atoms with Crippen LogP contribution in [-0.2, 0) is 28.7 Å². The zero-order chi connectivity index (χ0) is 38.0. The molecule has 9 heteroatoms. The maximum Gasteiger partial charge on any atom is 0.306 e. The third-order valence-corrected chi connectivity index (χ3v) is 13.2. The topological polar surface area (TPSA) is 127 Å². The van der Waals surface area contributed by atoms with Crippen LogP contribution in [0.1, 0.15) is 150 Å². The van der Waals surface area contributed by atoms with E-state index in [0.717, 1.165) is 32.1 Å². The Kier molecular flexibility index (Phi) is 15.1. The first kappa shape index (κ1) is 42.1. The van der Waals surface area contributed by atoms with Crippen LogP contribution >= 0.6 is 0 Å². The van der Waals surface area contributed by atoms with Gasteiger partial charge in [0.25, 0.3) is 0 Å². The number of alkyl halides is 1. The summed E-state index contributed by atoms with van der Waals surface area (Å²) in [6.07, 6.45) is 23.5. The van der Waals surface area contributed by atoms with E-state index < -0.39 is 70.3 Å². The quantitative estimate of drug-likeness (QED) is 0.0686. The number of ether oxygens (including phenoxy) is 2. The van der Waals surface area contributed by atoms with E-state index in [4.69, 9.17) is 9.47 Å². The largest absolute Gasteiger partial charge is 0.466 e. The van der Waals surface area contributed by atoms with Crippen LogP contribution in [0.4, 0.5) is 4.39 Å². The highest BCUT2D eigenvalue weighted by Crippen LogP contribution is 2.70. The number of rotatable bonds is 21. The number of hydrogen-bond donors (Lipinski definition) is 2. The van der Waals surface area contributed by atoms with Crippen molar-refractivity contribution in [3.63, 3.8) is 0 Å². The zero-order valence-electron chi connectivity index (χ0n) is 32.3. The molecule has 0 radical (unpaired) electrons. The summed E-state index contributed by atoms with van der Waals surface area (Å²) >= 11 is 0. The third-order valence-electron chi connectivity index (χ3n) is 13.2. The van der Waals surface area contributed by atoms with E-state index in [-0.39, 0.29) is 25.0 Å². The molecule has 0 amide bonds. The van der Waals surface area contributed by atoms with Crippen molar-refractivity contribution in [2.45, 2.75) is 167 Å². The molecule has 0 bridgehead atoms. The van der Waals surface area contributed by atoms with E-state index in [0.29, 0.717) is 31.4 Å². The molecule has 2 N–H and O–H groups in total. The summed E-state index contributed by atoms with van der Waals surface area (Å²) in [5, 5.41) is 23.6. The standard InChI is InChI=1S/C43H65FO8/c1-5-6-7-8-9-10-11-12-13-14-15-16-17-18-19-26-51-38(48)22-23-39(49)52-30-37(47)43(50)31(2)27-35-34-21-20-32-28-33(45)24-25-40(32,3)42(34,44)36(46)29-41(35,43)4/h11-12,24-25,28,31,34-36,46,50H,5-10,13-23,26-27,29-30H2,1-4H3/b12-11-/t31-,34+,35+,36+,40+,41+,42+,43+/m1/s1. The average molecular weight is 729 g/mol. The van der Waals surface area contributed by atoms with Gasteiger partial charge in [-0.25, -0.2) is 4.39 Å². The van der Waals surface area contributed by atoms with Crippen LogP contribution in [0, 0.1) is 28.6 Å². The number of carbonyl (C=O) groups excluding carboxylic acids is 4. The van der Waals surface area contributed by atoms with Gasteiger partial charge in [-0.3, -0.25) is 19.2 Å². The molecular formula is C43H65FO8. The number of carbonyl (C=O) groups is 4. The highest BCUT2D eigenvalue weighted by atomic mass is 19.1. The molecule has 0 aromatic rings. The van der Waals surface area contributed by atoms with Crippen molar-refractivity contribution in [2.24, 2.45) is 28.6 Å². The van der Waals surface area contributed by atoms with E-state index in [1.54, 1.807) is 26.8 Å². The number of ketones is 2. The molecule has 3 saturated carbocycles. The van der Waals surface area contributed by atoms with Gasteiger partial charge in [-0.1, -0.05) is 95.9 Å². The van der Waals surface area contributed by atoms with Gasteiger partial charge < -0.3 is 19.7 Å². The maximum atomic E-state index is 17.4. The van der Waals surface area contributed by atoms with Crippen molar-refractivity contribution in [3.05, 3.63) is 36.0 Å². The SMILES string of the molecule is CCCCCCC/C=C\CCCCCCCCOC(=O)CCC(=O)OCC(=O)[C@@]1(O)[C@H](C)C[C@H]2[C@@H]3CCC4=CC(=O)C=C[C@]4(C)[C@@]3(F)[C@@H](O)C[C@@]21C. The molecule has 4 aliphatic carbocycles. The number of esters is 2. The number of unbranched alkanes of at least 4 members (excludes halogenated alkanes) is 11. The summed E-state index contributed by atoms with van der Waals surface area (Å²) in [5.41, 5.74) is -5.68. The van der Waals surface area contributed by atoms with Crippen molar-refractivity contribution in [3.8, 4) is 0 Å². The van der Waals surface area contributed by atoms with Gasteiger partial charge in [0, 0.05) is 16.7 Å². The Morgan fingerprint density at radius 1 is 0.904 bits per heavy atom. The van der Waals surface area contributed by atoms with Crippen molar-refractivity contribution < 1.29 is 43.3 Å². The Bertz CT molecular complexity index is 1350. The molecule has 0 spiro atoms. The van der Waals surface area contributed by atoms with E-state index in [1.165, 1.54) is 63.5 Å². The summed E-state index contributed by atoms with van der Waals surface area (Å²) in [6, 6.07) is 0. The van der Waals surface area contributed by atoms with Crippen LogP contribution in [0.5, 0.6) is 0 Å². The molecule has 8 atom stereocenters. The van der Waals surface area contributed by atoms with Crippen molar-refractivity contribution in [2.75, 3.05) is 13.2 Å². The number of aliphatic hydroxyl groups is 2. The smallest absolute Gasteiger partial charge is 0.306 e. The first-order chi connectivity index (χ1) is 24.8. The highest BCUT2D eigenvalue weighted by molar-refractivity contribution is 6.01. The Hall–Kier alpha value is -2.65. The first-order valence-corrected chi connectivity index (χ1v) is 20.3. The fourth-order valence-electron chi connectivity index (χ4n) is 10.1. The molecule has 292 valence electrons. The molecule has 4 aliphatic rings. The van der Waals surface area contributed by atoms with Gasteiger partial charge in [0.2, 0.25) is 5.78 Å². The second kappa shape index (κ2) is 18.6. The number of allylic oxidation sites excluding steroid dienone is 6. The second-order valence-electron chi connectivity index (χ2n) is 16.6. The molecule has 4 rings (SSSR count). The molecule has 0 aromatic carbocycles. The lowest BCUT2D eigenvalue weighted by molar-refractivity contribution is -0.220. The van der Waals surface area contributed by atoms with E-state index in [2.05, 4.69) is 19.1 Å². The van der Waals surface area contributed by atoms with Crippen LogP contribution in [0.3, 0.4) is 0 Å². The fourth-order valence-corrected chi connectivity index (χ4v) is 10.1. The molecule has 0 saturated heterocycles. The number of Topliss-reactive ketones (excluding diaryl/α,β-unsaturated/α-hetero) is 1. The van der Waals surface area contributed by atoms with Gasteiger partial charge in [-0.05, 0) is 88.7 Å². The van der Waals surface area contributed by atoms with Gasteiger partial charge in [-0.2, -0.15) is 0 Å². The monoisotopic (exact) mass is 728 g/mol. The van der Waals surface area contributed by atoms with E-state index in [1.807, 2.05) is 0 Å². The van der Waals surface area contributed by atoms with Crippen LogP contribution in [0.25, 0.3) is 0 Å². The Morgan fingerprint density at radius 3 is 2.15 bits per heavy atom. The van der Waals surface area contributed by atoms with Crippen LogP contribution in [0.2, 0.25) is 0 Å². The molecule has 8 nitrogen and oxygen atoms in total. The van der Waals surface area contributed by atoms with E-state index in [9.17, 15) is 29.4 Å². The maximum absolute atomic E-state index is 17.4. The first-order valence-electron chi connectivity index (χ1n) is 20.3. The average Bonchev–Trinajstić information content (AvgIpc) is 3.31. The lowest BCUT2D eigenvalue weighted by Gasteiger charge is -2.62. The number of halogens is 1. The number of hydrogen-bond acceptors (Lipinski definition) is 8. The minimum Gasteiger partial charge on any atom is -0.466 e. The Labute approximate surface area is 311 Å². The van der Waals surface area contributed by atoms with Gasteiger partial charge in [0.15, 0.2) is 18.1 Å². The molecule has 3 fully saturated rings. The van der Waals surface area contributed by atoms with Crippen LogP contribution < -0.4 is 0 Å². The summed E-state index contributed by atoms with van der Waals surface area (Å²) in [5.74, 6) is -3.75. The normalized spacial score (nSPS) is 33.7. The Balaban J connectivity index is 1.13. The molecule has 0 aliphatic heterocycles. The lowest BCUT2D eigenvalue weighted by Crippen LogP contribution is -2.69. The fraction of sp³-hybridized carbons (Fsp3) is 0.767.